The van der Waals surface area contributed by atoms with Crippen LogP contribution in [0.4, 0.5) is 18.9 Å². The highest BCUT2D eigenvalue weighted by atomic mass is 35.5. The summed E-state index contributed by atoms with van der Waals surface area (Å²) in [6.07, 6.45) is -4.84. The number of carboxylic acid groups (broad SMARTS) is 1. The zero-order valence-electron chi connectivity index (χ0n) is 11.9. The number of nitrogens with one attached hydrogen (secondary N) is 1. The molecule has 2 aromatic rings. The number of hydrogen-bond donors (Lipinski definition) is 2. The largest absolute Gasteiger partial charge is 0.478 e. The van der Waals surface area contributed by atoms with Crippen LogP contribution in [0.25, 0.3) is 0 Å². The van der Waals surface area contributed by atoms with Gasteiger partial charge in [0, 0.05) is 0 Å². The number of hydrogen-bond acceptors (Lipinski definition) is 3. The van der Waals surface area contributed by atoms with Gasteiger partial charge in [-0.25, -0.2) is 13.2 Å². The normalized spacial score (nSPS) is 12.0. The zero-order valence-corrected chi connectivity index (χ0v) is 14.3. The summed E-state index contributed by atoms with van der Waals surface area (Å²) >= 11 is 11.3. The maximum atomic E-state index is 12.9. The second kappa shape index (κ2) is 6.74. The van der Waals surface area contributed by atoms with Crippen molar-refractivity contribution in [1.29, 1.82) is 0 Å². The molecule has 0 radical (unpaired) electrons. The van der Waals surface area contributed by atoms with Crippen LogP contribution in [-0.2, 0) is 16.2 Å². The average Bonchev–Trinajstić information content (AvgIpc) is 2.48. The van der Waals surface area contributed by atoms with Crippen LogP contribution < -0.4 is 4.72 Å². The summed E-state index contributed by atoms with van der Waals surface area (Å²) in [5.41, 5.74) is -1.86. The molecule has 25 heavy (non-hydrogen) atoms. The van der Waals surface area contributed by atoms with E-state index in [2.05, 4.69) is 0 Å². The van der Waals surface area contributed by atoms with Gasteiger partial charge in [0.2, 0.25) is 0 Å². The van der Waals surface area contributed by atoms with Crippen LogP contribution in [-0.4, -0.2) is 19.5 Å². The van der Waals surface area contributed by atoms with Gasteiger partial charge in [-0.1, -0.05) is 23.2 Å². The fourth-order valence-electron chi connectivity index (χ4n) is 1.83. The lowest BCUT2D eigenvalue weighted by Gasteiger charge is -2.13. The first kappa shape index (κ1) is 19.4. The first-order valence-corrected chi connectivity index (χ1v) is 8.58. The molecule has 0 heterocycles. The van der Waals surface area contributed by atoms with Gasteiger partial charge in [0.05, 0.1) is 31.8 Å². The number of carbonyl (C=O) groups is 1. The van der Waals surface area contributed by atoms with Crippen molar-refractivity contribution in [3.8, 4) is 0 Å². The van der Waals surface area contributed by atoms with E-state index < -0.39 is 37.7 Å². The molecule has 134 valence electrons. The summed E-state index contributed by atoms with van der Waals surface area (Å²) in [5.74, 6) is -1.33. The van der Waals surface area contributed by atoms with Crippen molar-refractivity contribution in [2.45, 2.75) is 11.1 Å². The molecule has 0 aromatic heterocycles. The summed E-state index contributed by atoms with van der Waals surface area (Å²) in [5, 5.41) is 8.13. The van der Waals surface area contributed by atoms with Crippen LogP contribution in [0.3, 0.4) is 0 Å². The number of sulfonamides is 1. The standard InChI is InChI=1S/C14H8Cl2F3NO4S/c15-10-4-2-8(6-9(10)14(17,18)19)25(23,24)20-12-5-7(13(21)22)1-3-11(12)16/h1-6,20H,(H,21,22). The number of aromatic carboxylic acids is 1. The van der Waals surface area contributed by atoms with E-state index in [0.29, 0.717) is 6.07 Å². The van der Waals surface area contributed by atoms with Gasteiger partial charge in [0.15, 0.2) is 0 Å². The zero-order chi connectivity index (χ0) is 19.0. The summed E-state index contributed by atoms with van der Waals surface area (Å²) in [4.78, 5) is 10.2. The van der Waals surface area contributed by atoms with Crippen LogP contribution in [0.5, 0.6) is 0 Å². The monoisotopic (exact) mass is 413 g/mol. The molecule has 5 nitrogen and oxygen atoms in total. The molecule has 0 bridgehead atoms. The highest BCUT2D eigenvalue weighted by molar-refractivity contribution is 7.92. The van der Waals surface area contributed by atoms with Crippen molar-refractivity contribution in [3.63, 3.8) is 0 Å². The van der Waals surface area contributed by atoms with E-state index in [-0.39, 0.29) is 16.3 Å². The second-order valence-electron chi connectivity index (χ2n) is 4.74. The predicted molar refractivity (Wildman–Crippen MR) is 85.7 cm³/mol. The van der Waals surface area contributed by atoms with Gasteiger partial charge in [-0.05, 0) is 36.4 Å². The van der Waals surface area contributed by atoms with E-state index >= 15 is 0 Å². The summed E-state index contributed by atoms with van der Waals surface area (Å²) in [7, 11) is -4.46. The fraction of sp³-hybridized carbons (Fsp3) is 0.0714. The Morgan fingerprint density at radius 2 is 1.64 bits per heavy atom. The van der Waals surface area contributed by atoms with Gasteiger partial charge < -0.3 is 5.11 Å². The average molecular weight is 414 g/mol. The topological polar surface area (TPSA) is 83.5 Å². The molecule has 0 saturated heterocycles. The maximum absolute atomic E-state index is 12.9. The molecule has 0 aliphatic carbocycles. The molecule has 0 aliphatic heterocycles. The molecule has 0 atom stereocenters. The Morgan fingerprint density at radius 3 is 2.20 bits per heavy atom. The number of halogens is 5. The van der Waals surface area contributed by atoms with Crippen molar-refractivity contribution in [2.24, 2.45) is 0 Å². The minimum Gasteiger partial charge on any atom is -0.478 e. The highest BCUT2D eigenvalue weighted by Crippen LogP contribution is 2.36. The summed E-state index contributed by atoms with van der Waals surface area (Å²) in [6.45, 7) is 0. The molecule has 0 fully saturated rings. The molecule has 0 spiro atoms. The smallest absolute Gasteiger partial charge is 0.417 e. The van der Waals surface area contributed by atoms with Gasteiger partial charge in [0.25, 0.3) is 10.0 Å². The molecule has 0 unspecified atom stereocenters. The lowest BCUT2D eigenvalue weighted by Crippen LogP contribution is -2.15. The van der Waals surface area contributed by atoms with Crippen molar-refractivity contribution in [1.82, 2.24) is 0 Å². The van der Waals surface area contributed by atoms with Crippen molar-refractivity contribution in [3.05, 3.63) is 57.6 Å². The molecule has 11 heteroatoms. The van der Waals surface area contributed by atoms with Gasteiger partial charge in [-0.15, -0.1) is 0 Å². The number of alkyl halides is 3. The van der Waals surface area contributed by atoms with Crippen LogP contribution in [0.1, 0.15) is 15.9 Å². The number of carboxylic acids is 1. The minimum absolute atomic E-state index is 0.126. The van der Waals surface area contributed by atoms with Crippen LogP contribution in [0.15, 0.2) is 41.3 Å². The minimum atomic E-state index is -4.84. The Morgan fingerprint density at radius 1 is 1.04 bits per heavy atom. The van der Waals surface area contributed by atoms with E-state index in [0.717, 1.165) is 30.3 Å². The predicted octanol–water partition coefficient (Wildman–Crippen LogP) is 4.51. The van der Waals surface area contributed by atoms with Crippen molar-refractivity contribution >= 4 is 44.9 Å². The summed E-state index contributed by atoms with van der Waals surface area (Å²) < 4.78 is 65.1. The Hall–Kier alpha value is -1.97. The molecule has 0 amide bonds. The molecule has 0 aliphatic rings. The highest BCUT2D eigenvalue weighted by Gasteiger charge is 2.34. The van der Waals surface area contributed by atoms with E-state index in [1.807, 2.05) is 4.72 Å². The van der Waals surface area contributed by atoms with Crippen molar-refractivity contribution in [2.75, 3.05) is 4.72 Å². The molecule has 0 saturated carbocycles. The molecule has 2 aromatic carbocycles. The van der Waals surface area contributed by atoms with Crippen LogP contribution >= 0.6 is 23.2 Å². The summed E-state index contributed by atoms with van der Waals surface area (Å²) in [6, 6.07) is 5.30. The van der Waals surface area contributed by atoms with Crippen LogP contribution in [0, 0.1) is 0 Å². The van der Waals surface area contributed by atoms with Gasteiger partial charge in [-0.2, -0.15) is 13.2 Å². The molecular weight excluding hydrogens is 406 g/mol. The quantitative estimate of drug-likeness (QED) is 0.771. The third-order valence-corrected chi connectivity index (χ3v) is 5.03. The fourth-order valence-corrected chi connectivity index (χ4v) is 3.37. The first-order chi connectivity index (χ1) is 11.4. The van der Waals surface area contributed by atoms with E-state index in [1.165, 1.54) is 0 Å². The Balaban J connectivity index is 2.47. The van der Waals surface area contributed by atoms with E-state index in [1.54, 1.807) is 0 Å². The maximum Gasteiger partial charge on any atom is 0.417 e. The lowest BCUT2D eigenvalue weighted by molar-refractivity contribution is -0.137. The van der Waals surface area contributed by atoms with Crippen molar-refractivity contribution < 1.29 is 31.5 Å². The van der Waals surface area contributed by atoms with E-state index in [4.69, 9.17) is 28.3 Å². The van der Waals surface area contributed by atoms with Crippen LogP contribution in [0.2, 0.25) is 10.0 Å². The van der Waals surface area contributed by atoms with Gasteiger partial charge >= 0.3 is 12.1 Å². The third kappa shape index (κ3) is 4.36. The third-order valence-electron chi connectivity index (χ3n) is 3.01. The molecule has 2 N–H and O–H groups in total. The SMILES string of the molecule is O=C(O)c1ccc(Cl)c(NS(=O)(=O)c2ccc(Cl)c(C(F)(F)F)c2)c1. The Labute approximate surface area is 150 Å². The number of anilines is 1. The lowest BCUT2D eigenvalue weighted by atomic mass is 10.2. The Kier molecular flexibility index (Phi) is 5.22. The van der Waals surface area contributed by atoms with E-state index in [9.17, 15) is 26.4 Å². The van der Waals surface area contributed by atoms with Gasteiger partial charge in [0.1, 0.15) is 0 Å². The second-order valence-corrected chi connectivity index (χ2v) is 7.24. The molecule has 2 rings (SSSR count). The molecular formula is C14H8Cl2F3NO4S. The number of benzene rings is 2. The first-order valence-electron chi connectivity index (χ1n) is 6.34. The Bertz CT molecular complexity index is 946. The van der Waals surface area contributed by atoms with Gasteiger partial charge in [-0.3, -0.25) is 4.72 Å². The number of rotatable bonds is 4.